The van der Waals surface area contributed by atoms with Crippen molar-refractivity contribution in [1.82, 2.24) is 4.98 Å². The Hall–Kier alpha value is -2.55. The van der Waals surface area contributed by atoms with Crippen molar-refractivity contribution in [2.45, 2.75) is 55.4 Å². The molecule has 0 fully saturated rings. The molecule has 2 aromatic carbocycles. The van der Waals surface area contributed by atoms with Crippen molar-refractivity contribution in [3.05, 3.63) is 89.8 Å². The molecule has 0 aliphatic heterocycles. The molecule has 0 amide bonds. The second-order valence-electron chi connectivity index (χ2n) is 10.5. The molecular formula is C30H37IrNO2. The number of aromatic nitrogens is 1. The van der Waals surface area contributed by atoms with E-state index >= 15 is 0 Å². The topological polar surface area (TPSA) is 54.5 Å². The summed E-state index contributed by atoms with van der Waals surface area (Å²) in [7, 11) is 0. The van der Waals surface area contributed by atoms with Crippen molar-refractivity contribution >= 4 is 5.78 Å². The Labute approximate surface area is 218 Å². The minimum absolute atomic E-state index is 0. The molecule has 34 heavy (non-hydrogen) atoms. The summed E-state index contributed by atoms with van der Waals surface area (Å²) in [5.41, 5.74) is 6.19. The summed E-state index contributed by atoms with van der Waals surface area (Å²) in [4.78, 5) is 14.1. The Balaban J connectivity index is 0.000000364. The van der Waals surface area contributed by atoms with Gasteiger partial charge in [-0.15, -0.1) is 34.9 Å². The van der Waals surface area contributed by atoms with Crippen LogP contribution in [0.3, 0.4) is 0 Å². The third-order valence-electron chi connectivity index (χ3n) is 5.11. The molecule has 4 heteroatoms. The third kappa shape index (κ3) is 9.00. The Morgan fingerprint density at radius 2 is 1.50 bits per heavy atom. The zero-order valence-corrected chi connectivity index (χ0v) is 23.9. The molecule has 0 atom stereocenters. The maximum absolute atomic E-state index is 9.60. The maximum Gasteiger partial charge on any atom is 0.325 e. The number of benzene rings is 2. The summed E-state index contributed by atoms with van der Waals surface area (Å²) in [6.07, 6.45) is 3.29. The number of ketones is 1. The number of carbonyl (C=O) groups excluding carboxylic acids is 1. The number of hydrogen-bond acceptors (Lipinski definition) is 2. The summed E-state index contributed by atoms with van der Waals surface area (Å²) >= 11 is 0. The number of nitrogens with zero attached hydrogens (tertiary/aromatic N) is 1. The van der Waals surface area contributed by atoms with Gasteiger partial charge in [0.15, 0.2) is 0 Å². The Kier molecular flexibility index (Phi) is 10.6. The van der Waals surface area contributed by atoms with Gasteiger partial charge in [0.25, 0.3) is 0 Å². The number of allylic oxidation sites excluding steroid dienone is 2. The minimum atomic E-state index is -0.306. The molecule has 3 aromatic rings. The molecule has 1 aromatic heterocycles. The average molecular weight is 636 g/mol. The van der Waals surface area contributed by atoms with E-state index in [1.54, 1.807) is 0 Å². The summed E-state index contributed by atoms with van der Waals surface area (Å²) in [5, 5.41) is 9.60. The van der Waals surface area contributed by atoms with E-state index in [0.717, 1.165) is 16.8 Å². The van der Waals surface area contributed by atoms with Crippen LogP contribution in [-0.4, -0.2) is 20.7 Å². The number of aliphatic hydroxyl groups excluding tert-OH is 1. The first-order chi connectivity index (χ1) is 15.3. The molecule has 0 spiro atoms. The van der Waals surface area contributed by atoms with Gasteiger partial charge in [-0.2, -0.15) is 0 Å². The van der Waals surface area contributed by atoms with E-state index in [9.17, 15) is 9.90 Å². The fraction of sp³-hybridized carbons (Fsp3) is 0.333. The molecule has 1 heterocycles. The number of aryl methyl sites for hydroxylation is 2. The van der Waals surface area contributed by atoms with Crippen LogP contribution in [0.5, 0.6) is 0 Å². The minimum Gasteiger partial charge on any atom is -0.511 e. The summed E-state index contributed by atoms with van der Waals surface area (Å²) in [6.45, 7) is 15.5. The molecule has 0 saturated carbocycles. The van der Waals surface area contributed by atoms with Crippen molar-refractivity contribution in [3.8, 4) is 22.4 Å². The van der Waals surface area contributed by atoms with Crippen LogP contribution in [0.1, 0.15) is 52.7 Å². The second kappa shape index (κ2) is 12.2. The molecule has 0 bridgehead atoms. The standard InChI is InChI=1S/C19H16N.C11H20O2.Ir/c1-14-8-9-20-19(12-14)18-11-15(2)10-17(13-18)16-6-4-3-5-7-16;1-10(2,3)8(12)7-9(13)11(4,5)6;/h3-10,12-13H,1-2H3;7,12H,1-6H3;/q-1;;/p+1/b;8-7-;. The smallest absolute Gasteiger partial charge is 0.325 e. The summed E-state index contributed by atoms with van der Waals surface area (Å²) in [6, 6.07) is 22.2. The average Bonchev–Trinajstić information content (AvgIpc) is 2.73. The quantitative estimate of drug-likeness (QED) is 0.138. The van der Waals surface area contributed by atoms with Crippen molar-refractivity contribution in [3.63, 3.8) is 0 Å². The van der Waals surface area contributed by atoms with Crippen LogP contribution in [0, 0.1) is 30.7 Å². The van der Waals surface area contributed by atoms with E-state index in [2.05, 4.69) is 67.4 Å². The molecular weight excluding hydrogens is 599 g/mol. The van der Waals surface area contributed by atoms with E-state index in [0.29, 0.717) is 0 Å². The van der Waals surface area contributed by atoms with E-state index in [1.165, 1.54) is 22.8 Å². The van der Waals surface area contributed by atoms with Crippen LogP contribution in [0.15, 0.2) is 72.6 Å². The molecule has 3 nitrogen and oxygen atoms in total. The summed E-state index contributed by atoms with van der Waals surface area (Å²) < 4.78 is 0. The molecule has 0 aliphatic rings. The van der Waals surface area contributed by atoms with E-state index < -0.39 is 0 Å². The third-order valence-corrected chi connectivity index (χ3v) is 5.11. The Morgan fingerprint density at radius 1 is 0.882 bits per heavy atom. The first-order valence-corrected chi connectivity index (χ1v) is 11.3. The van der Waals surface area contributed by atoms with E-state index in [-0.39, 0.29) is 42.5 Å². The van der Waals surface area contributed by atoms with Gasteiger partial charge in [-0.25, -0.2) is 0 Å². The van der Waals surface area contributed by atoms with Gasteiger partial charge in [0.05, 0.1) is 11.5 Å². The van der Waals surface area contributed by atoms with Gasteiger partial charge in [-0.3, -0.25) is 4.79 Å². The molecule has 0 unspecified atom stereocenters. The first kappa shape index (κ1) is 29.5. The normalized spacial score (nSPS) is 11.7. The molecule has 3 rings (SSSR count). The number of aliphatic hydroxyl groups is 1. The van der Waals surface area contributed by atoms with E-state index in [1.807, 2.05) is 59.9 Å². The van der Waals surface area contributed by atoms with Gasteiger partial charge in [0.1, 0.15) is 5.76 Å². The number of hydrogen-bond donors (Lipinski definition) is 1. The van der Waals surface area contributed by atoms with Crippen LogP contribution in [0.25, 0.3) is 22.4 Å². The fourth-order valence-corrected chi connectivity index (χ4v) is 2.90. The molecule has 183 valence electrons. The number of pyridine rings is 1. The van der Waals surface area contributed by atoms with E-state index in [4.69, 9.17) is 0 Å². The van der Waals surface area contributed by atoms with Gasteiger partial charge in [-0.05, 0) is 45.0 Å². The Bertz CT molecular complexity index is 1120. The van der Waals surface area contributed by atoms with Gasteiger partial charge in [0, 0.05) is 31.7 Å². The van der Waals surface area contributed by atoms with Gasteiger partial charge in [-0.1, -0.05) is 69.7 Å². The SMILES string of the molecule is CC(C)(C)C(=[OH+])/C=C(\O)C(C)(C)C.Cc1[c-]c(-c2cc(C)ccn2)cc(-c2ccccc2)c1.[Ir]. The molecule has 2 N–H and O–H groups in total. The van der Waals surface area contributed by atoms with Crippen LogP contribution in [0.2, 0.25) is 0 Å². The molecule has 0 saturated heterocycles. The van der Waals surface area contributed by atoms with Gasteiger partial charge >= 0.3 is 5.78 Å². The maximum atomic E-state index is 9.60. The molecule has 0 aliphatic carbocycles. The monoisotopic (exact) mass is 636 g/mol. The summed E-state index contributed by atoms with van der Waals surface area (Å²) in [5.74, 6) is 0.417. The van der Waals surface area contributed by atoms with Crippen LogP contribution in [-0.2, 0) is 20.1 Å². The van der Waals surface area contributed by atoms with Crippen molar-refractivity contribution in [2.75, 3.05) is 0 Å². The largest absolute Gasteiger partial charge is 0.511 e. The van der Waals surface area contributed by atoms with Gasteiger partial charge < -0.3 is 10.1 Å². The predicted molar refractivity (Wildman–Crippen MR) is 140 cm³/mol. The zero-order valence-electron chi connectivity index (χ0n) is 21.5. The van der Waals surface area contributed by atoms with Crippen molar-refractivity contribution in [2.24, 2.45) is 10.8 Å². The second-order valence-corrected chi connectivity index (χ2v) is 10.5. The first-order valence-electron chi connectivity index (χ1n) is 11.3. The van der Waals surface area contributed by atoms with Crippen molar-refractivity contribution < 1.29 is 30.0 Å². The Morgan fingerprint density at radius 3 is 2.03 bits per heavy atom. The van der Waals surface area contributed by atoms with Crippen LogP contribution in [0.4, 0.5) is 0 Å². The van der Waals surface area contributed by atoms with Gasteiger partial charge in [0.2, 0.25) is 0 Å². The molecule has 1 radical (unpaired) electrons. The predicted octanol–water partition coefficient (Wildman–Crippen LogP) is 7.90. The van der Waals surface area contributed by atoms with Crippen LogP contribution >= 0.6 is 0 Å². The number of rotatable bonds is 3. The van der Waals surface area contributed by atoms with Crippen molar-refractivity contribution in [1.29, 1.82) is 0 Å². The zero-order chi connectivity index (χ0) is 24.8. The fourth-order valence-electron chi connectivity index (χ4n) is 2.90. The van der Waals surface area contributed by atoms with Crippen LogP contribution < -0.4 is 0 Å².